The Balaban J connectivity index is 3.21. The van der Waals surface area contributed by atoms with Gasteiger partial charge in [0.25, 0.3) is 0 Å². The summed E-state index contributed by atoms with van der Waals surface area (Å²) in [7, 11) is -1.73. The van der Waals surface area contributed by atoms with Crippen LogP contribution in [-0.4, -0.2) is 14.6 Å². The lowest BCUT2D eigenvalue weighted by molar-refractivity contribution is 0.112. The van der Waals surface area contributed by atoms with Gasteiger partial charge < -0.3 is 4.43 Å². The first-order valence-corrected chi connectivity index (χ1v) is 9.04. The van der Waals surface area contributed by atoms with Crippen molar-refractivity contribution >= 4 is 42.1 Å². The van der Waals surface area contributed by atoms with Crippen molar-refractivity contribution in [3.8, 4) is 5.75 Å². The number of carbonyl (C=O) groups is 1. The fraction of sp³-hybridized carbons (Fsp3) is 0.300. The summed E-state index contributed by atoms with van der Waals surface area (Å²) in [5.74, 6) is 0.591. The Bertz CT molecular complexity index is 388. The summed E-state index contributed by atoms with van der Waals surface area (Å²) in [6, 6.07) is 3.33. The highest BCUT2D eigenvalue weighted by Crippen LogP contribution is 2.33. The first-order valence-electron chi connectivity index (χ1n) is 4.47. The molecular weight excluding hydrogens is 296 g/mol. The van der Waals surface area contributed by atoms with Crippen LogP contribution in [0.4, 0.5) is 0 Å². The minimum Gasteiger partial charge on any atom is -0.543 e. The van der Waals surface area contributed by atoms with E-state index in [1.54, 1.807) is 12.1 Å². The summed E-state index contributed by atoms with van der Waals surface area (Å²) in [4.78, 5) is 10.9. The van der Waals surface area contributed by atoms with Crippen molar-refractivity contribution < 1.29 is 9.22 Å². The molecule has 1 aromatic carbocycles. The topological polar surface area (TPSA) is 26.3 Å². The number of rotatable bonds is 3. The first-order chi connectivity index (χ1) is 6.83. The van der Waals surface area contributed by atoms with Crippen LogP contribution in [0.25, 0.3) is 0 Å². The monoisotopic (exact) mass is 306 g/mol. The molecule has 2 nitrogen and oxygen atoms in total. The minimum absolute atomic E-state index is 0.483. The lowest BCUT2D eigenvalue weighted by Gasteiger charge is -2.21. The van der Waals surface area contributed by atoms with Gasteiger partial charge in [0.1, 0.15) is 5.75 Å². The molecule has 0 aromatic heterocycles. The van der Waals surface area contributed by atoms with E-state index in [-0.39, 0.29) is 0 Å². The largest absolute Gasteiger partial charge is 0.543 e. The van der Waals surface area contributed by atoms with Gasteiger partial charge in [0.2, 0.25) is 8.32 Å². The highest BCUT2D eigenvalue weighted by molar-refractivity contribution is 9.10. The predicted octanol–water partition coefficient (Wildman–Crippen LogP) is 4.13. The number of hydrogen-bond acceptors (Lipinski definition) is 2. The third-order valence-corrected chi connectivity index (χ3v) is 3.20. The minimum atomic E-state index is -1.73. The SMILES string of the molecule is C[Si](C)(C)Oc1c(Br)cc(Cl)cc1C=O. The Hall–Kier alpha value is -0.323. The zero-order valence-electron chi connectivity index (χ0n) is 8.80. The van der Waals surface area contributed by atoms with Crippen molar-refractivity contribution in [2.24, 2.45) is 0 Å². The fourth-order valence-corrected chi connectivity index (χ4v) is 2.99. The van der Waals surface area contributed by atoms with Gasteiger partial charge in [-0.1, -0.05) is 11.6 Å². The van der Waals surface area contributed by atoms with Crippen molar-refractivity contribution in [1.29, 1.82) is 0 Å². The summed E-state index contributed by atoms with van der Waals surface area (Å²) >= 11 is 9.18. The van der Waals surface area contributed by atoms with E-state index in [2.05, 4.69) is 35.6 Å². The standard InChI is InChI=1S/C10H12BrClO2Si/c1-15(2,3)14-10-7(6-13)4-8(12)5-9(10)11/h4-6H,1-3H3. The highest BCUT2D eigenvalue weighted by atomic mass is 79.9. The van der Waals surface area contributed by atoms with Crippen LogP contribution in [0.2, 0.25) is 24.7 Å². The van der Waals surface area contributed by atoms with Crippen LogP contribution in [0.1, 0.15) is 10.4 Å². The lowest BCUT2D eigenvalue weighted by Crippen LogP contribution is -2.30. The second-order valence-corrected chi connectivity index (χ2v) is 9.86. The van der Waals surface area contributed by atoms with Gasteiger partial charge in [0, 0.05) is 5.02 Å². The second-order valence-electron chi connectivity index (χ2n) is 4.14. The van der Waals surface area contributed by atoms with Crippen molar-refractivity contribution in [2.45, 2.75) is 19.6 Å². The molecule has 0 bridgehead atoms. The van der Waals surface area contributed by atoms with E-state index in [4.69, 9.17) is 16.0 Å². The third kappa shape index (κ3) is 3.63. The molecule has 0 spiro atoms. The van der Waals surface area contributed by atoms with Gasteiger partial charge in [-0.3, -0.25) is 4.79 Å². The molecule has 0 atom stereocenters. The van der Waals surface area contributed by atoms with Gasteiger partial charge >= 0.3 is 0 Å². The maximum Gasteiger partial charge on any atom is 0.242 e. The van der Waals surface area contributed by atoms with Crippen molar-refractivity contribution in [1.82, 2.24) is 0 Å². The zero-order chi connectivity index (χ0) is 11.6. The average molecular weight is 308 g/mol. The molecule has 0 saturated carbocycles. The zero-order valence-corrected chi connectivity index (χ0v) is 12.1. The van der Waals surface area contributed by atoms with E-state index < -0.39 is 8.32 Å². The molecule has 0 aliphatic carbocycles. The lowest BCUT2D eigenvalue weighted by atomic mass is 10.2. The third-order valence-electron chi connectivity index (χ3n) is 1.57. The molecule has 0 unspecified atom stereocenters. The molecule has 0 N–H and O–H groups in total. The maximum atomic E-state index is 10.9. The number of hydrogen-bond donors (Lipinski definition) is 0. The normalized spacial score (nSPS) is 11.3. The van der Waals surface area contributed by atoms with Gasteiger partial charge in [-0.2, -0.15) is 0 Å². The predicted molar refractivity (Wildman–Crippen MR) is 68.5 cm³/mol. The highest BCUT2D eigenvalue weighted by Gasteiger charge is 2.20. The molecule has 0 saturated heterocycles. The molecular formula is C10H12BrClO2Si. The molecule has 0 aliphatic heterocycles. The quantitative estimate of drug-likeness (QED) is 0.620. The average Bonchev–Trinajstić information content (AvgIpc) is 2.07. The van der Waals surface area contributed by atoms with Crippen LogP contribution in [0.15, 0.2) is 16.6 Å². The second kappa shape index (κ2) is 4.68. The van der Waals surface area contributed by atoms with Gasteiger partial charge in [0.15, 0.2) is 6.29 Å². The smallest absolute Gasteiger partial charge is 0.242 e. The summed E-state index contributed by atoms with van der Waals surface area (Å²) in [6.07, 6.45) is 0.756. The summed E-state index contributed by atoms with van der Waals surface area (Å²) < 4.78 is 6.53. The molecule has 0 heterocycles. The van der Waals surface area contributed by atoms with E-state index >= 15 is 0 Å². The molecule has 0 radical (unpaired) electrons. The Morgan fingerprint density at radius 1 is 1.40 bits per heavy atom. The van der Waals surface area contributed by atoms with Crippen LogP contribution in [0.3, 0.4) is 0 Å². The molecule has 0 fully saturated rings. The van der Waals surface area contributed by atoms with Crippen molar-refractivity contribution in [2.75, 3.05) is 0 Å². The van der Waals surface area contributed by atoms with E-state index in [1.165, 1.54) is 0 Å². The Morgan fingerprint density at radius 3 is 2.47 bits per heavy atom. The van der Waals surface area contributed by atoms with Crippen LogP contribution in [0.5, 0.6) is 5.75 Å². The van der Waals surface area contributed by atoms with E-state index in [9.17, 15) is 4.79 Å². The van der Waals surface area contributed by atoms with Crippen molar-refractivity contribution in [3.63, 3.8) is 0 Å². The Kier molecular flexibility index (Phi) is 3.97. The van der Waals surface area contributed by atoms with Crippen LogP contribution in [0, 0.1) is 0 Å². The van der Waals surface area contributed by atoms with Crippen LogP contribution >= 0.6 is 27.5 Å². The first kappa shape index (κ1) is 12.7. The summed E-state index contributed by atoms with van der Waals surface area (Å²) in [6.45, 7) is 6.17. The van der Waals surface area contributed by atoms with Crippen molar-refractivity contribution in [3.05, 3.63) is 27.2 Å². The van der Waals surface area contributed by atoms with Gasteiger partial charge in [-0.25, -0.2) is 0 Å². The molecule has 0 amide bonds. The van der Waals surface area contributed by atoms with E-state index in [1.807, 2.05) is 0 Å². The number of aldehydes is 1. The Morgan fingerprint density at radius 2 is 2.00 bits per heavy atom. The van der Waals surface area contributed by atoms with E-state index in [0.29, 0.717) is 16.3 Å². The summed E-state index contributed by atoms with van der Waals surface area (Å²) in [5.41, 5.74) is 0.483. The van der Waals surface area contributed by atoms with Crippen LogP contribution < -0.4 is 4.43 Å². The van der Waals surface area contributed by atoms with E-state index in [0.717, 1.165) is 10.8 Å². The Labute approximate surface area is 104 Å². The number of carbonyl (C=O) groups excluding carboxylic acids is 1. The molecule has 1 aromatic rings. The van der Waals surface area contributed by atoms with Gasteiger partial charge in [-0.15, -0.1) is 0 Å². The fourth-order valence-electron chi connectivity index (χ4n) is 1.08. The molecule has 82 valence electrons. The molecule has 15 heavy (non-hydrogen) atoms. The van der Waals surface area contributed by atoms with Gasteiger partial charge in [0.05, 0.1) is 10.0 Å². The molecule has 5 heteroatoms. The molecule has 1 rings (SSSR count). The number of benzene rings is 1. The maximum absolute atomic E-state index is 10.9. The van der Waals surface area contributed by atoms with Crippen LogP contribution in [-0.2, 0) is 0 Å². The molecule has 0 aliphatic rings. The summed E-state index contributed by atoms with van der Waals surface area (Å²) in [5, 5.41) is 0.520. The number of halogens is 2. The van der Waals surface area contributed by atoms with Gasteiger partial charge in [-0.05, 0) is 47.7 Å².